The molecule has 1 rings (SSSR count). The summed E-state index contributed by atoms with van der Waals surface area (Å²) in [7, 11) is 0. The van der Waals surface area contributed by atoms with Gasteiger partial charge in [-0.3, -0.25) is 14.5 Å². The van der Waals surface area contributed by atoms with Crippen LogP contribution in [0.2, 0.25) is 0 Å². The monoisotopic (exact) mass is 362 g/mol. The second-order valence-corrected chi connectivity index (χ2v) is 7.07. The molecule has 0 aliphatic carbocycles. The van der Waals surface area contributed by atoms with Crippen molar-refractivity contribution < 1.29 is 14.3 Å². The summed E-state index contributed by atoms with van der Waals surface area (Å²) < 4.78 is 5.51. The number of Topliss-reactive ketones (excluding diaryl/α,β-unsaturated/α-hetero) is 1. The average molecular weight is 363 g/mol. The lowest BCUT2D eigenvalue weighted by Gasteiger charge is -2.30. The van der Waals surface area contributed by atoms with E-state index in [0.717, 1.165) is 18.7 Å². The summed E-state index contributed by atoms with van der Waals surface area (Å²) in [5.41, 5.74) is 0.618. The number of amides is 1. The predicted octanol–water partition coefficient (Wildman–Crippen LogP) is 3.67. The predicted molar refractivity (Wildman–Crippen MR) is 106 cm³/mol. The van der Waals surface area contributed by atoms with Gasteiger partial charge in [-0.15, -0.1) is 0 Å². The first-order chi connectivity index (χ1) is 12.3. The van der Waals surface area contributed by atoms with E-state index in [0.29, 0.717) is 30.8 Å². The van der Waals surface area contributed by atoms with Crippen LogP contribution in [0.4, 0.5) is 0 Å². The zero-order valence-electron chi connectivity index (χ0n) is 16.9. The smallest absolute Gasteiger partial charge is 0.220 e. The Morgan fingerprint density at radius 3 is 2.19 bits per heavy atom. The van der Waals surface area contributed by atoms with Crippen molar-refractivity contribution in [2.45, 2.75) is 66.0 Å². The molecule has 0 bridgehead atoms. The zero-order valence-corrected chi connectivity index (χ0v) is 16.9. The number of ether oxygens (including phenoxy) is 1. The first kappa shape index (κ1) is 22.2. The summed E-state index contributed by atoms with van der Waals surface area (Å²) in [6.07, 6.45) is 1.39. The molecule has 5 heteroatoms. The van der Waals surface area contributed by atoms with E-state index >= 15 is 0 Å². The van der Waals surface area contributed by atoms with Crippen LogP contribution in [-0.4, -0.2) is 48.4 Å². The minimum atomic E-state index is -0.0753. The quantitative estimate of drug-likeness (QED) is 0.576. The number of carbonyl (C=O) groups is 2. The van der Waals surface area contributed by atoms with Crippen molar-refractivity contribution in [3.05, 3.63) is 29.8 Å². The maximum absolute atomic E-state index is 12.2. The minimum absolute atomic E-state index is 0.0202. The van der Waals surface area contributed by atoms with E-state index in [1.54, 1.807) is 24.3 Å². The van der Waals surface area contributed by atoms with E-state index < -0.39 is 0 Å². The third-order valence-corrected chi connectivity index (χ3v) is 4.25. The van der Waals surface area contributed by atoms with Gasteiger partial charge in [0.25, 0.3) is 0 Å². The lowest BCUT2D eigenvalue weighted by Crippen LogP contribution is -2.42. The third-order valence-electron chi connectivity index (χ3n) is 4.25. The fourth-order valence-electron chi connectivity index (χ4n) is 2.85. The Bertz CT molecular complexity index is 545. The van der Waals surface area contributed by atoms with Crippen LogP contribution in [0.1, 0.15) is 64.2 Å². The van der Waals surface area contributed by atoms with Gasteiger partial charge in [-0.25, -0.2) is 0 Å². The van der Waals surface area contributed by atoms with Crippen LogP contribution in [0.15, 0.2) is 24.3 Å². The molecule has 0 unspecified atom stereocenters. The van der Waals surface area contributed by atoms with Gasteiger partial charge in [0.2, 0.25) is 5.91 Å². The van der Waals surface area contributed by atoms with Crippen LogP contribution in [0.5, 0.6) is 5.75 Å². The highest BCUT2D eigenvalue weighted by atomic mass is 16.5. The van der Waals surface area contributed by atoms with Crippen molar-refractivity contribution in [2.24, 2.45) is 0 Å². The topological polar surface area (TPSA) is 58.6 Å². The SMILES string of the molecule is CCCOc1ccc(C(=O)CCC(=O)NCCN(C(C)C)C(C)C)cc1. The van der Waals surface area contributed by atoms with Crippen molar-refractivity contribution in [1.82, 2.24) is 10.2 Å². The molecule has 1 amide bonds. The number of carbonyl (C=O) groups excluding carboxylic acids is 2. The molecule has 0 fully saturated rings. The fraction of sp³-hybridized carbons (Fsp3) is 0.619. The van der Waals surface area contributed by atoms with E-state index in [1.807, 2.05) is 6.92 Å². The Kier molecular flexibility index (Phi) is 9.96. The highest BCUT2D eigenvalue weighted by Crippen LogP contribution is 2.14. The Hall–Kier alpha value is -1.88. The van der Waals surface area contributed by atoms with E-state index in [9.17, 15) is 9.59 Å². The van der Waals surface area contributed by atoms with Crippen LogP contribution >= 0.6 is 0 Å². The van der Waals surface area contributed by atoms with Gasteiger partial charge < -0.3 is 10.1 Å². The summed E-state index contributed by atoms with van der Waals surface area (Å²) in [6.45, 7) is 12.7. The van der Waals surface area contributed by atoms with E-state index in [2.05, 4.69) is 37.9 Å². The Balaban J connectivity index is 2.34. The van der Waals surface area contributed by atoms with Gasteiger partial charge in [-0.2, -0.15) is 0 Å². The van der Waals surface area contributed by atoms with Crippen molar-refractivity contribution in [3.8, 4) is 5.75 Å². The van der Waals surface area contributed by atoms with E-state index in [4.69, 9.17) is 4.74 Å². The van der Waals surface area contributed by atoms with Gasteiger partial charge in [0.15, 0.2) is 5.78 Å². The molecule has 0 spiro atoms. The molecule has 1 N–H and O–H groups in total. The fourth-order valence-corrected chi connectivity index (χ4v) is 2.85. The van der Waals surface area contributed by atoms with Crippen molar-refractivity contribution in [2.75, 3.05) is 19.7 Å². The molecule has 1 aromatic rings. The summed E-state index contributed by atoms with van der Waals surface area (Å²) >= 11 is 0. The molecule has 146 valence electrons. The van der Waals surface area contributed by atoms with Crippen LogP contribution in [0.3, 0.4) is 0 Å². The number of hydrogen-bond donors (Lipinski definition) is 1. The van der Waals surface area contributed by atoms with Gasteiger partial charge in [-0.05, 0) is 58.4 Å². The summed E-state index contributed by atoms with van der Waals surface area (Å²) in [5, 5.41) is 2.91. The highest BCUT2D eigenvalue weighted by Gasteiger charge is 2.14. The first-order valence-corrected chi connectivity index (χ1v) is 9.63. The van der Waals surface area contributed by atoms with Gasteiger partial charge in [0.05, 0.1) is 6.61 Å². The van der Waals surface area contributed by atoms with Gasteiger partial charge >= 0.3 is 0 Å². The van der Waals surface area contributed by atoms with Crippen LogP contribution in [-0.2, 0) is 4.79 Å². The van der Waals surface area contributed by atoms with Crippen LogP contribution < -0.4 is 10.1 Å². The summed E-state index contributed by atoms with van der Waals surface area (Å²) in [4.78, 5) is 26.5. The van der Waals surface area contributed by atoms with E-state index in [1.165, 1.54) is 0 Å². The molecule has 26 heavy (non-hydrogen) atoms. The maximum Gasteiger partial charge on any atom is 0.220 e. The number of nitrogens with zero attached hydrogens (tertiary/aromatic N) is 1. The molecule has 0 atom stereocenters. The normalized spacial score (nSPS) is 11.2. The third kappa shape index (κ3) is 8.00. The molecule has 0 aromatic heterocycles. The molecule has 0 aliphatic heterocycles. The lowest BCUT2D eigenvalue weighted by atomic mass is 10.1. The van der Waals surface area contributed by atoms with Gasteiger partial charge in [0, 0.05) is 43.6 Å². The molecular weight excluding hydrogens is 328 g/mol. The van der Waals surface area contributed by atoms with Crippen LogP contribution in [0.25, 0.3) is 0 Å². The molecule has 0 saturated carbocycles. The number of nitrogens with one attached hydrogen (secondary N) is 1. The molecule has 1 aromatic carbocycles. The number of rotatable bonds is 12. The summed E-state index contributed by atoms with van der Waals surface area (Å²) in [6, 6.07) is 8.00. The zero-order chi connectivity index (χ0) is 19.5. The second-order valence-electron chi connectivity index (χ2n) is 7.07. The molecule has 0 aliphatic rings. The molecule has 0 radical (unpaired) electrons. The van der Waals surface area contributed by atoms with Crippen LogP contribution in [0, 0.1) is 0 Å². The van der Waals surface area contributed by atoms with Crippen molar-refractivity contribution in [1.29, 1.82) is 0 Å². The maximum atomic E-state index is 12.2. The number of hydrogen-bond acceptors (Lipinski definition) is 4. The lowest BCUT2D eigenvalue weighted by molar-refractivity contribution is -0.121. The van der Waals surface area contributed by atoms with Crippen molar-refractivity contribution in [3.63, 3.8) is 0 Å². The number of ketones is 1. The first-order valence-electron chi connectivity index (χ1n) is 9.63. The van der Waals surface area contributed by atoms with E-state index in [-0.39, 0.29) is 24.5 Å². The summed E-state index contributed by atoms with van der Waals surface area (Å²) in [5.74, 6) is 0.669. The van der Waals surface area contributed by atoms with Gasteiger partial charge in [0.1, 0.15) is 5.75 Å². The standard InChI is InChI=1S/C21H34N2O3/c1-6-15-26-19-9-7-18(8-10-19)20(24)11-12-21(25)22-13-14-23(16(2)3)17(4)5/h7-10,16-17H,6,11-15H2,1-5H3,(H,22,25). The largest absolute Gasteiger partial charge is 0.494 e. The molecule has 0 heterocycles. The molecule has 0 saturated heterocycles. The Morgan fingerprint density at radius 2 is 1.65 bits per heavy atom. The second kappa shape index (κ2) is 11.7. The molecular formula is C21H34N2O3. The van der Waals surface area contributed by atoms with Gasteiger partial charge in [-0.1, -0.05) is 6.92 Å². The minimum Gasteiger partial charge on any atom is -0.494 e. The number of benzene rings is 1. The average Bonchev–Trinajstić information content (AvgIpc) is 2.61. The Morgan fingerprint density at radius 1 is 1.04 bits per heavy atom. The van der Waals surface area contributed by atoms with Crippen molar-refractivity contribution >= 4 is 11.7 Å². The highest BCUT2D eigenvalue weighted by molar-refractivity contribution is 5.98. The Labute approximate surface area is 158 Å². The molecule has 5 nitrogen and oxygen atoms in total.